The molecular formula is C56H77N15O6. The van der Waals surface area contributed by atoms with Crippen LogP contribution in [-0.2, 0) is 32.0 Å². The van der Waals surface area contributed by atoms with Crippen molar-refractivity contribution in [2.24, 2.45) is 11.7 Å². The lowest BCUT2D eigenvalue weighted by Gasteiger charge is -2.20. The van der Waals surface area contributed by atoms with Gasteiger partial charge in [-0.25, -0.2) is 9.97 Å². The first kappa shape index (κ1) is 62.7. The van der Waals surface area contributed by atoms with Crippen LogP contribution in [0.5, 0.6) is 0 Å². The summed E-state index contributed by atoms with van der Waals surface area (Å²) < 4.78 is 5.30. The van der Waals surface area contributed by atoms with E-state index in [0.717, 1.165) is 36.8 Å². The summed E-state index contributed by atoms with van der Waals surface area (Å²) in [4.78, 5) is 88.5. The quantitative estimate of drug-likeness (QED) is 0.0255. The number of aromatic nitrogens is 6. The maximum absolute atomic E-state index is 13.2. The molecule has 0 aliphatic rings. The van der Waals surface area contributed by atoms with Crippen molar-refractivity contribution in [1.29, 1.82) is 0 Å². The van der Waals surface area contributed by atoms with E-state index in [4.69, 9.17) is 10.5 Å². The number of benzene rings is 2. The van der Waals surface area contributed by atoms with E-state index >= 15 is 0 Å². The highest BCUT2D eigenvalue weighted by Crippen LogP contribution is 2.23. The predicted molar refractivity (Wildman–Crippen MR) is 307 cm³/mol. The summed E-state index contributed by atoms with van der Waals surface area (Å²) in [5, 5.41) is 24.0. The molecule has 4 amide bonds. The third-order valence-electron chi connectivity index (χ3n) is 10.6. The minimum atomic E-state index is -0.639. The second-order valence-corrected chi connectivity index (χ2v) is 18.4. The molecule has 4 aromatic heterocycles. The number of pyridine rings is 2. The minimum Gasteiger partial charge on any atom is -0.460 e. The van der Waals surface area contributed by atoms with Crippen molar-refractivity contribution in [2.45, 2.75) is 107 Å². The fourth-order valence-corrected chi connectivity index (χ4v) is 6.75. The standard InChI is InChI=1S/C30H39N7O4.C24H30N8O2.2CH4/c1-6-13-32-26-24(19-34-29(37-26)33-16-12-21-10-14-31-15-11-21)28(40)36-23-9-7-8-22(18-23)35-27(39)20(2)17-25(38)41-30(3,4)5;1-3-10-27-21-20(15-29-24(32-21)28-13-9-17-7-11-26-12-8-17)23(34)31-19-6-4-5-18(14-19)30-22(33)16(2)25;;/h7-11,14-15,18-20H,6,12-13,16-17H2,1-5H3,(H,35,39)(H,36,40)(H2,32,33,34,37);4-8,11-12,14-16H,3,9-10,13,25H2,1-2H3,(H,30,33)(H,31,34)(H2,27,28,29,32);2*1H4/t20-;16-;;/m10../s1. The molecule has 6 aromatic rings. The Balaban J connectivity index is 0.000000401. The van der Waals surface area contributed by atoms with E-state index in [-0.39, 0.29) is 39.0 Å². The van der Waals surface area contributed by atoms with Gasteiger partial charge in [-0.1, -0.05) is 47.8 Å². The van der Waals surface area contributed by atoms with Crippen molar-refractivity contribution >= 4 is 75.9 Å². The van der Waals surface area contributed by atoms with Gasteiger partial charge in [-0.2, -0.15) is 9.97 Å². The van der Waals surface area contributed by atoms with Crippen molar-refractivity contribution in [2.75, 3.05) is 68.7 Å². The van der Waals surface area contributed by atoms with E-state index in [2.05, 4.69) is 72.4 Å². The summed E-state index contributed by atoms with van der Waals surface area (Å²) in [6, 6.07) is 20.8. The third kappa shape index (κ3) is 22.0. The number of anilines is 8. The van der Waals surface area contributed by atoms with Gasteiger partial charge in [0.1, 0.15) is 28.4 Å². The van der Waals surface area contributed by atoms with Crippen LogP contribution in [-0.4, -0.2) is 97.3 Å². The lowest BCUT2D eigenvalue weighted by Crippen LogP contribution is -2.32. The summed E-state index contributed by atoms with van der Waals surface area (Å²) in [6.45, 7) is 15.2. The molecule has 21 heteroatoms. The normalized spacial score (nSPS) is 11.3. The number of hydrogen-bond acceptors (Lipinski definition) is 17. The number of carbonyl (C=O) groups is 5. The summed E-state index contributed by atoms with van der Waals surface area (Å²) in [7, 11) is 0. The van der Waals surface area contributed by atoms with Crippen molar-refractivity contribution in [1.82, 2.24) is 29.9 Å². The highest BCUT2D eigenvalue weighted by Gasteiger charge is 2.23. The molecule has 77 heavy (non-hydrogen) atoms. The highest BCUT2D eigenvalue weighted by atomic mass is 16.6. The Kier molecular flexibility index (Phi) is 26.0. The molecule has 6 rings (SSSR count). The van der Waals surface area contributed by atoms with E-state index in [1.807, 2.05) is 38.1 Å². The molecule has 0 aliphatic heterocycles. The van der Waals surface area contributed by atoms with Gasteiger partial charge in [0, 0.05) is 92.0 Å². The SMILES string of the molecule is C.C.CCCNc1nc(NCCc2ccncc2)ncc1C(=O)Nc1cccc(NC(=O)[C@H](C)CC(=O)OC(C)(C)C)c1.CCCNc1nc(NCCc2ccncc2)ncc1C(=O)Nc1cccc(NC(=O)[C@H](C)N)c1. The first-order chi connectivity index (χ1) is 36.0. The molecule has 0 fully saturated rings. The number of nitrogens with zero attached hydrogens (tertiary/aromatic N) is 6. The van der Waals surface area contributed by atoms with Crippen LogP contribution in [0.15, 0.2) is 110 Å². The minimum absolute atomic E-state index is 0. The predicted octanol–water partition coefficient (Wildman–Crippen LogP) is 9.07. The number of carbonyl (C=O) groups excluding carboxylic acids is 5. The number of esters is 1. The maximum Gasteiger partial charge on any atom is 0.307 e. The molecule has 0 bridgehead atoms. The second-order valence-electron chi connectivity index (χ2n) is 18.4. The van der Waals surface area contributed by atoms with Crippen molar-refractivity contribution in [3.05, 3.63) is 132 Å². The number of rotatable bonds is 24. The number of hydrogen-bond donors (Lipinski definition) is 9. The van der Waals surface area contributed by atoms with Crippen molar-refractivity contribution in [3.8, 4) is 0 Å². The van der Waals surface area contributed by atoms with E-state index in [1.165, 1.54) is 12.4 Å². The van der Waals surface area contributed by atoms with Gasteiger partial charge in [-0.3, -0.25) is 33.9 Å². The Morgan fingerprint density at radius 2 is 0.974 bits per heavy atom. The van der Waals surface area contributed by atoms with Crippen LogP contribution in [0, 0.1) is 5.92 Å². The van der Waals surface area contributed by atoms with Gasteiger partial charge in [0.05, 0.1) is 12.5 Å². The zero-order valence-corrected chi connectivity index (χ0v) is 43.6. The van der Waals surface area contributed by atoms with Gasteiger partial charge in [-0.15, -0.1) is 0 Å². The zero-order valence-electron chi connectivity index (χ0n) is 43.6. The van der Waals surface area contributed by atoms with E-state index in [9.17, 15) is 24.0 Å². The molecule has 4 heterocycles. The molecule has 0 radical (unpaired) electrons. The summed E-state index contributed by atoms with van der Waals surface area (Å²) >= 11 is 0. The van der Waals surface area contributed by atoms with E-state index in [1.54, 1.807) is 108 Å². The summed E-state index contributed by atoms with van der Waals surface area (Å²) in [5.74, 6) is -0.709. The number of ether oxygens (including phenoxy) is 1. The number of amides is 4. The van der Waals surface area contributed by atoms with Gasteiger partial charge in [0.15, 0.2) is 0 Å². The third-order valence-corrected chi connectivity index (χ3v) is 10.6. The molecule has 0 saturated carbocycles. The van der Waals surface area contributed by atoms with Crippen LogP contribution in [0.2, 0.25) is 0 Å². The molecule has 10 N–H and O–H groups in total. The number of nitrogens with two attached hydrogens (primary N) is 1. The van der Waals surface area contributed by atoms with Crippen LogP contribution < -0.4 is 48.3 Å². The van der Waals surface area contributed by atoms with E-state index in [0.29, 0.717) is 83.6 Å². The Morgan fingerprint density at radius 3 is 1.36 bits per heavy atom. The fourth-order valence-electron chi connectivity index (χ4n) is 6.75. The lowest BCUT2D eigenvalue weighted by molar-refractivity contribution is -0.156. The first-order valence-electron chi connectivity index (χ1n) is 24.9. The van der Waals surface area contributed by atoms with Crippen molar-refractivity contribution < 1.29 is 28.7 Å². The Morgan fingerprint density at radius 1 is 0.571 bits per heavy atom. The van der Waals surface area contributed by atoms with Gasteiger partial charge in [-0.05, 0) is 125 Å². The summed E-state index contributed by atoms with van der Waals surface area (Å²) in [5.41, 5.74) is 9.91. The molecule has 2 aromatic carbocycles. The topological polar surface area (TPSA) is 294 Å². The average molecular weight is 1060 g/mol. The smallest absolute Gasteiger partial charge is 0.307 e. The maximum atomic E-state index is 13.2. The largest absolute Gasteiger partial charge is 0.460 e. The zero-order chi connectivity index (χ0) is 54.2. The van der Waals surface area contributed by atoms with E-state index < -0.39 is 29.4 Å². The Labute approximate surface area is 452 Å². The molecule has 21 nitrogen and oxygen atoms in total. The van der Waals surface area contributed by atoms with Gasteiger partial charge < -0.3 is 53.0 Å². The van der Waals surface area contributed by atoms with Crippen LogP contribution in [0.25, 0.3) is 0 Å². The summed E-state index contributed by atoms with van der Waals surface area (Å²) in [6.07, 6.45) is 13.3. The van der Waals surface area contributed by atoms with Gasteiger partial charge in [0.25, 0.3) is 11.8 Å². The Hall–Kier alpha value is -8.59. The monoisotopic (exact) mass is 1060 g/mol. The average Bonchev–Trinajstić information content (AvgIpc) is 3.38. The molecular weight excluding hydrogens is 979 g/mol. The molecule has 412 valence electrons. The van der Waals surface area contributed by atoms with Gasteiger partial charge in [0.2, 0.25) is 23.7 Å². The molecule has 0 saturated heterocycles. The second kappa shape index (κ2) is 32.0. The lowest BCUT2D eigenvalue weighted by atomic mass is 10.1. The van der Waals surface area contributed by atoms with Crippen LogP contribution >= 0.6 is 0 Å². The highest BCUT2D eigenvalue weighted by molar-refractivity contribution is 6.08. The van der Waals surface area contributed by atoms with Crippen LogP contribution in [0.1, 0.15) is 114 Å². The van der Waals surface area contributed by atoms with Crippen LogP contribution in [0.4, 0.5) is 46.3 Å². The van der Waals surface area contributed by atoms with Gasteiger partial charge >= 0.3 is 5.97 Å². The molecule has 0 unspecified atom stereocenters. The molecule has 0 spiro atoms. The Bertz CT molecular complexity index is 2810. The van der Waals surface area contributed by atoms with Crippen molar-refractivity contribution in [3.63, 3.8) is 0 Å². The molecule has 2 atom stereocenters. The molecule has 0 aliphatic carbocycles. The first-order valence-corrected chi connectivity index (χ1v) is 24.9. The van der Waals surface area contributed by atoms with Crippen LogP contribution in [0.3, 0.4) is 0 Å². The number of nitrogens with one attached hydrogen (secondary N) is 8. The fraction of sp³-hybridized carbons (Fsp3) is 0.375.